The van der Waals surface area contributed by atoms with Crippen LogP contribution in [0.25, 0.3) is 0 Å². The Morgan fingerprint density at radius 1 is 1.00 bits per heavy atom. The van der Waals surface area contributed by atoms with Gasteiger partial charge in [-0.1, -0.05) is 0 Å². The van der Waals surface area contributed by atoms with Gasteiger partial charge in [0.15, 0.2) is 0 Å². The molecule has 0 aromatic rings. The molecule has 0 saturated carbocycles. The van der Waals surface area contributed by atoms with Crippen LogP contribution >= 0.6 is 0 Å². The molecule has 4 heavy (non-hydrogen) atoms. The average Bonchev–Trinajstić information content (AvgIpc) is 0. The van der Waals surface area contributed by atoms with Crippen LogP contribution in [0.15, 0.2) is 0 Å². The summed E-state index contributed by atoms with van der Waals surface area (Å²) in [5, 5.41) is 0. The van der Waals surface area contributed by atoms with Gasteiger partial charge in [-0.2, -0.15) is 0 Å². The second-order valence-corrected chi connectivity index (χ2v) is 0. The van der Waals surface area contributed by atoms with Crippen LogP contribution in [0.2, 0.25) is 0 Å². The number of hydrogen-bond acceptors (Lipinski definition) is 0. The summed E-state index contributed by atoms with van der Waals surface area (Å²) in [7, 11) is 0. The van der Waals surface area contributed by atoms with Gasteiger partial charge in [-0.3, -0.25) is 0 Å². The van der Waals surface area contributed by atoms with Crippen molar-refractivity contribution in [3.8, 4) is 0 Å². The fourth-order valence-corrected chi connectivity index (χ4v) is 0. The molecule has 0 aliphatic rings. The topological polar surface area (TPSA) is 0 Å². The molecule has 2 radical (unpaired) electrons. The third-order valence-corrected chi connectivity index (χ3v) is 0. The Balaban J connectivity index is 0. The fourth-order valence-electron chi connectivity index (χ4n) is 0. The summed E-state index contributed by atoms with van der Waals surface area (Å²) in [6.07, 6.45) is 0. The Morgan fingerprint density at radius 2 is 1.00 bits per heavy atom. The van der Waals surface area contributed by atoms with E-state index in [4.69, 9.17) is 0 Å². The van der Waals surface area contributed by atoms with E-state index in [1.807, 2.05) is 0 Å². The van der Waals surface area contributed by atoms with E-state index in [0.29, 0.717) is 0 Å². The summed E-state index contributed by atoms with van der Waals surface area (Å²) in [4.78, 5) is 0. The van der Waals surface area contributed by atoms with Gasteiger partial charge < -0.3 is 0 Å². The molecule has 0 atom stereocenters. The van der Waals surface area contributed by atoms with Crippen molar-refractivity contribution in [3.05, 3.63) is 0 Å². The van der Waals surface area contributed by atoms with Crippen LogP contribution in [0.4, 0.5) is 0 Å². The van der Waals surface area contributed by atoms with Gasteiger partial charge in [0.25, 0.3) is 0 Å². The first-order valence-corrected chi connectivity index (χ1v) is 0. The zero-order valence-corrected chi connectivity index (χ0v) is 12.4. The average molecular weight is 586 g/mol. The van der Waals surface area contributed by atoms with Gasteiger partial charge in [-0.25, -0.2) is 0 Å². The molecule has 0 fully saturated rings. The summed E-state index contributed by atoms with van der Waals surface area (Å²) >= 11 is 0. The van der Waals surface area contributed by atoms with E-state index in [-0.39, 0.29) is 115 Å². The van der Waals surface area contributed by atoms with E-state index in [1.165, 1.54) is 0 Å². The molecule has 0 amide bonds. The van der Waals surface area contributed by atoms with E-state index in [2.05, 4.69) is 0 Å². The first kappa shape index (κ1) is 24.8. The number of hydrogen-bond donors (Lipinski definition) is 0. The molecule has 0 heterocycles. The third-order valence-electron chi connectivity index (χ3n) is 0. The van der Waals surface area contributed by atoms with Crippen molar-refractivity contribution < 1.29 is 0 Å². The van der Waals surface area contributed by atoms with Crippen LogP contribution in [0.1, 0.15) is 0 Å². The molecule has 0 bridgehead atoms. The molecule has 0 spiro atoms. The normalized spacial score (nSPS) is 0. The Labute approximate surface area is 112 Å². The Morgan fingerprint density at radius 3 is 1.00 bits per heavy atom. The molecule has 0 aromatic carbocycles. The van der Waals surface area contributed by atoms with Gasteiger partial charge in [0.05, 0.1) is 0 Å². The van der Waals surface area contributed by atoms with Gasteiger partial charge >= 0.3 is 115 Å². The Bertz CT molecular complexity index is 8.00. The molecule has 0 saturated heterocycles. The maximum absolute atomic E-state index is 0. The molecular formula is H11BiCaPbSn. The van der Waals surface area contributed by atoms with Crippen LogP contribution in [-0.4, -0.2) is 115 Å². The molecule has 0 aliphatic heterocycles. The predicted molar refractivity (Wildman–Crippen MR) is 38.4 cm³/mol. The summed E-state index contributed by atoms with van der Waals surface area (Å²) in [6, 6.07) is 0. The minimum atomic E-state index is 0. The molecule has 4 heteroatoms. The summed E-state index contributed by atoms with van der Waals surface area (Å²) in [5.74, 6) is 0. The fraction of sp³-hybridized carbons (Fsp3) is 0. The van der Waals surface area contributed by atoms with Gasteiger partial charge in [0.2, 0.25) is 0 Å². The predicted octanol–water partition coefficient (Wildman–Crippen LogP) is -4.47. The van der Waals surface area contributed by atoms with Crippen LogP contribution in [0.3, 0.4) is 0 Å². The summed E-state index contributed by atoms with van der Waals surface area (Å²) in [6.45, 7) is 0. The van der Waals surface area contributed by atoms with Crippen LogP contribution < -0.4 is 0 Å². The first-order valence-electron chi connectivity index (χ1n) is 0. The van der Waals surface area contributed by atoms with Crippen molar-refractivity contribution >= 4 is 115 Å². The van der Waals surface area contributed by atoms with Crippen LogP contribution in [0.5, 0.6) is 0 Å². The molecule has 26 valence electrons. The van der Waals surface area contributed by atoms with Gasteiger partial charge in [0.1, 0.15) is 0 Å². The Hall–Kier alpha value is 3.86. The SMILES string of the molecule is [BiH3].[CaH2].[PbH2].[SnH4]. The summed E-state index contributed by atoms with van der Waals surface area (Å²) < 4.78 is 0. The number of rotatable bonds is 0. The summed E-state index contributed by atoms with van der Waals surface area (Å²) in [5.41, 5.74) is 0. The second-order valence-electron chi connectivity index (χ2n) is 0. The zero-order chi connectivity index (χ0) is 0. The molecule has 0 N–H and O–H groups in total. The van der Waals surface area contributed by atoms with Crippen molar-refractivity contribution in [2.75, 3.05) is 0 Å². The van der Waals surface area contributed by atoms with Crippen molar-refractivity contribution in [1.82, 2.24) is 0 Å². The van der Waals surface area contributed by atoms with Crippen LogP contribution in [0, 0.1) is 0 Å². The Kier molecular flexibility index (Phi) is 98.1. The van der Waals surface area contributed by atoms with E-state index >= 15 is 0 Å². The minimum absolute atomic E-state index is 0. The van der Waals surface area contributed by atoms with Crippen molar-refractivity contribution in [2.45, 2.75) is 0 Å². The molecule has 0 nitrogen and oxygen atoms in total. The quantitative estimate of drug-likeness (QED) is 0.252. The molecule has 0 unspecified atom stereocenters. The molecule has 0 aliphatic carbocycles. The van der Waals surface area contributed by atoms with Crippen LogP contribution in [-0.2, 0) is 0 Å². The van der Waals surface area contributed by atoms with E-state index in [1.54, 1.807) is 0 Å². The monoisotopic (exact) mass is 588 g/mol. The van der Waals surface area contributed by atoms with E-state index in [9.17, 15) is 0 Å². The third kappa shape index (κ3) is 9.29. The van der Waals surface area contributed by atoms with Gasteiger partial charge in [-0.05, 0) is 0 Å². The maximum atomic E-state index is 0. The standard InChI is InChI=1S/Bi.Ca.Pb.Sn.11H. The molecular weight excluding hydrogens is 575 g/mol. The second kappa shape index (κ2) is 15.8. The molecule has 0 rings (SSSR count). The molecule has 0 aromatic heterocycles. The van der Waals surface area contributed by atoms with E-state index < -0.39 is 0 Å². The van der Waals surface area contributed by atoms with Crippen molar-refractivity contribution in [1.29, 1.82) is 0 Å². The first-order chi connectivity index (χ1) is 0. The van der Waals surface area contributed by atoms with Gasteiger partial charge in [0, 0.05) is 0 Å². The van der Waals surface area contributed by atoms with Gasteiger partial charge in [-0.15, -0.1) is 0 Å². The van der Waals surface area contributed by atoms with Crippen molar-refractivity contribution in [2.24, 2.45) is 0 Å². The van der Waals surface area contributed by atoms with E-state index in [0.717, 1.165) is 0 Å². The zero-order valence-electron chi connectivity index (χ0n) is 1.41. The van der Waals surface area contributed by atoms with Crippen molar-refractivity contribution in [3.63, 3.8) is 0 Å².